The molecule has 32 heavy (non-hydrogen) atoms. The van der Waals surface area contributed by atoms with Crippen molar-refractivity contribution >= 4 is 28.7 Å². The van der Waals surface area contributed by atoms with Gasteiger partial charge in [-0.05, 0) is 44.2 Å². The first-order valence-electron chi connectivity index (χ1n) is 10.7. The van der Waals surface area contributed by atoms with Gasteiger partial charge in [-0.1, -0.05) is 25.6 Å². The van der Waals surface area contributed by atoms with Gasteiger partial charge in [0.1, 0.15) is 12.1 Å². The topological polar surface area (TPSA) is 120 Å². The number of hydrogen-bond acceptors (Lipinski definition) is 8. The molecule has 0 saturated heterocycles. The standard InChI is InChI=1S/C22H28N8OS/c1-4-31-15-6-7-16(17-8-10-27-29-17)18(12-15)32-22-28-19-20(23)25-13-26-21(19)30(22)11-5-9-24-14(2)3/h6-8,10,12-14,24H,4-5,9,11H2,1-3H3,(H,27,29)(H2,23,25,26). The number of rotatable bonds is 10. The molecule has 0 fully saturated rings. The Morgan fingerprint density at radius 2 is 2.12 bits per heavy atom. The highest BCUT2D eigenvalue weighted by atomic mass is 32.2. The number of aryl methyl sites for hydroxylation is 1. The Morgan fingerprint density at radius 3 is 2.88 bits per heavy atom. The molecule has 1 aromatic carbocycles. The summed E-state index contributed by atoms with van der Waals surface area (Å²) in [7, 11) is 0. The zero-order valence-corrected chi connectivity index (χ0v) is 19.3. The van der Waals surface area contributed by atoms with Gasteiger partial charge in [0.2, 0.25) is 0 Å². The van der Waals surface area contributed by atoms with E-state index in [4.69, 9.17) is 15.5 Å². The number of hydrogen-bond donors (Lipinski definition) is 3. The number of ether oxygens (including phenoxy) is 1. The summed E-state index contributed by atoms with van der Waals surface area (Å²) in [5.41, 5.74) is 9.43. The highest BCUT2D eigenvalue weighted by Gasteiger charge is 2.18. The zero-order chi connectivity index (χ0) is 22.5. The lowest BCUT2D eigenvalue weighted by Crippen LogP contribution is -2.24. The fraction of sp³-hybridized carbons (Fsp3) is 0.364. The number of imidazole rings is 1. The van der Waals surface area contributed by atoms with Crippen LogP contribution in [0.15, 0.2) is 46.8 Å². The lowest BCUT2D eigenvalue weighted by molar-refractivity contribution is 0.339. The van der Waals surface area contributed by atoms with Gasteiger partial charge < -0.3 is 20.4 Å². The lowest BCUT2D eigenvalue weighted by atomic mass is 10.1. The molecule has 0 bridgehead atoms. The van der Waals surface area contributed by atoms with E-state index in [-0.39, 0.29) is 0 Å². The van der Waals surface area contributed by atoms with Gasteiger partial charge in [-0.15, -0.1) is 0 Å². The van der Waals surface area contributed by atoms with Crippen LogP contribution < -0.4 is 15.8 Å². The number of nitrogens with two attached hydrogens (primary N) is 1. The molecule has 168 valence electrons. The summed E-state index contributed by atoms with van der Waals surface area (Å²) in [5, 5.41) is 11.4. The van der Waals surface area contributed by atoms with Crippen molar-refractivity contribution in [3.8, 4) is 17.0 Å². The molecule has 4 rings (SSSR count). The minimum absolute atomic E-state index is 0.382. The molecular weight excluding hydrogens is 424 g/mol. The Morgan fingerprint density at radius 1 is 1.25 bits per heavy atom. The summed E-state index contributed by atoms with van der Waals surface area (Å²) in [5.74, 6) is 1.19. The van der Waals surface area contributed by atoms with Crippen LogP contribution in [-0.4, -0.2) is 48.9 Å². The van der Waals surface area contributed by atoms with Gasteiger partial charge in [-0.3, -0.25) is 5.10 Å². The van der Waals surface area contributed by atoms with E-state index >= 15 is 0 Å². The second kappa shape index (κ2) is 10.0. The number of aromatic amines is 1. The maximum absolute atomic E-state index is 6.12. The summed E-state index contributed by atoms with van der Waals surface area (Å²) in [6, 6.07) is 8.43. The highest BCUT2D eigenvalue weighted by Crippen LogP contribution is 2.38. The minimum atomic E-state index is 0.382. The third-order valence-electron chi connectivity index (χ3n) is 4.89. The normalized spacial score (nSPS) is 11.5. The molecule has 9 nitrogen and oxygen atoms in total. The van der Waals surface area contributed by atoms with Crippen LogP contribution in [0.1, 0.15) is 27.2 Å². The first-order valence-corrected chi connectivity index (χ1v) is 11.5. The number of benzene rings is 1. The fourth-order valence-electron chi connectivity index (χ4n) is 3.41. The van der Waals surface area contributed by atoms with Gasteiger partial charge in [0, 0.05) is 29.2 Å². The first kappa shape index (κ1) is 22.1. The molecule has 0 aliphatic carbocycles. The molecule has 0 saturated carbocycles. The Balaban J connectivity index is 1.72. The molecule has 0 spiro atoms. The molecule has 0 unspecified atom stereocenters. The van der Waals surface area contributed by atoms with Crippen molar-refractivity contribution in [3.05, 3.63) is 36.8 Å². The van der Waals surface area contributed by atoms with Crippen molar-refractivity contribution in [2.24, 2.45) is 0 Å². The maximum Gasteiger partial charge on any atom is 0.175 e. The molecule has 0 radical (unpaired) electrons. The average Bonchev–Trinajstić information content (AvgIpc) is 3.41. The van der Waals surface area contributed by atoms with E-state index in [2.05, 4.69) is 43.9 Å². The number of nitrogens with zero attached hydrogens (tertiary/aromatic N) is 5. The van der Waals surface area contributed by atoms with Crippen molar-refractivity contribution in [2.75, 3.05) is 18.9 Å². The summed E-state index contributed by atoms with van der Waals surface area (Å²) in [4.78, 5) is 14.4. The molecule has 0 amide bonds. The Hall–Kier alpha value is -3.11. The third-order valence-corrected chi connectivity index (χ3v) is 5.94. The minimum Gasteiger partial charge on any atom is -0.494 e. The smallest absolute Gasteiger partial charge is 0.175 e. The fourth-order valence-corrected chi connectivity index (χ4v) is 4.50. The summed E-state index contributed by atoms with van der Waals surface area (Å²) >= 11 is 1.56. The maximum atomic E-state index is 6.12. The number of nitrogens with one attached hydrogen (secondary N) is 2. The van der Waals surface area contributed by atoms with E-state index in [0.29, 0.717) is 24.0 Å². The van der Waals surface area contributed by atoms with Crippen LogP contribution in [-0.2, 0) is 6.54 Å². The monoisotopic (exact) mass is 452 g/mol. The summed E-state index contributed by atoms with van der Waals surface area (Å²) in [6.07, 6.45) is 4.17. The zero-order valence-electron chi connectivity index (χ0n) is 18.5. The molecule has 0 aliphatic heterocycles. The lowest BCUT2D eigenvalue weighted by Gasteiger charge is -2.13. The van der Waals surface area contributed by atoms with Crippen molar-refractivity contribution in [1.82, 2.24) is 35.0 Å². The quantitative estimate of drug-likeness (QED) is 0.311. The van der Waals surface area contributed by atoms with Crippen molar-refractivity contribution in [3.63, 3.8) is 0 Å². The van der Waals surface area contributed by atoms with Gasteiger partial charge in [-0.2, -0.15) is 5.10 Å². The van der Waals surface area contributed by atoms with Crippen LogP contribution in [0.2, 0.25) is 0 Å². The van der Waals surface area contributed by atoms with Gasteiger partial charge in [0.15, 0.2) is 22.1 Å². The average molecular weight is 453 g/mol. The predicted octanol–water partition coefficient (Wildman–Crippen LogP) is 3.74. The Bertz CT molecular complexity index is 1170. The second-order valence-electron chi connectivity index (χ2n) is 7.60. The Labute approximate surface area is 191 Å². The number of anilines is 1. The molecule has 4 aromatic rings. The molecule has 0 atom stereocenters. The predicted molar refractivity (Wildman–Crippen MR) is 127 cm³/mol. The third kappa shape index (κ3) is 4.86. The molecule has 3 aromatic heterocycles. The van der Waals surface area contributed by atoms with Crippen molar-refractivity contribution in [2.45, 2.75) is 49.8 Å². The SMILES string of the molecule is CCOc1ccc(-c2ccn[nH]2)c(Sc2nc3c(N)ncnc3n2CCCNC(C)C)c1. The van der Waals surface area contributed by atoms with E-state index in [1.54, 1.807) is 18.0 Å². The number of aromatic nitrogens is 6. The van der Waals surface area contributed by atoms with Gasteiger partial charge >= 0.3 is 0 Å². The largest absolute Gasteiger partial charge is 0.494 e. The summed E-state index contributed by atoms with van der Waals surface area (Å²) < 4.78 is 7.86. The van der Waals surface area contributed by atoms with E-state index < -0.39 is 0 Å². The van der Waals surface area contributed by atoms with Crippen molar-refractivity contribution in [1.29, 1.82) is 0 Å². The van der Waals surface area contributed by atoms with E-state index in [0.717, 1.165) is 52.2 Å². The second-order valence-corrected chi connectivity index (χ2v) is 8.61. The number of H-pyrrole nitrogens is 1. The summed E-state index contributed by atoms with van der Waals surface area (Å²) in [6.45, 7) is 8.53. The highest BCUT2D eigenvalue weighted by molar-refractivity contribution is 7.99. The van der Waals surface area contributed by atoms with Gasteiger partial charge in [0.05, 0.1) is 12.3 Å². The molecule has 3 heterocycles. The number of fused-ring (bicyclic) bond motifs is 1. The van der Waals surface area contributed by atoms with Crippen LogP contribution in [0.5, 0.6) is 5.75 Å². The van der Waals surface area contributed by atoms with E-state index in [9.17, 15) is 0 Å². The van der Waals surface area contributed by atoms with Crippen LogP contribution in [0.4, 0.5) is 5.82 Å². The molecule has 10 heteroatoms. The molecule has 4 N–H and O–H groups in total. The van der Waals surface area contributed by atoms with Gasteiger partial charge in [0.25, 0.3) is 0 Å². The van der Waals surface area contributed by atoms with E-state index in [1.165, 1.54) is 6.33 Å². The first-order chi connectivity index (χ1) is 15.6. The van der Waals surface area contributed by atoms with Crippen LogP contribution in [0.3, 0.4) is 0 Å². The molecular formula is C22H28N8OS. The van der Waals surface area contributed by atoms with Crippen molar-refractivity contribution < 1.29 is 4.74 Å². The van der Waals surface area contributed by atoms with Gasteiger partial charge in [-0.25, -0.2) is 15.0 Å². The van der Waals surface area contributed by atoms with Crippen LogP contribution in [0, 0.1) is 0 Å². The van der Waals surface area contributed by atoms with Crippen LogP contribution >= 0.6 is 11.8 Å². The molecule has 0 aliphatic rings. The Kier molecular flexibility index (Phi) is 6.91. The van der Waals surface area contributed by atoms with E-state index in [1.807, 2.05) is 31.2 Å². The number of nitrogen functional groups attached to an aromatic ring is 1. The van der Waals surface area contributed by atoms with Crippen LogP contribution in [0.25, 0.3) is 22.4 Å².